The molecule has 1 amide bonds. The summed E-state index contributed by atoms with van der Waals surface area (Å²) in [6.45, 7) is 1.75. The van der Waals surface area contributed by atoms with Crippen LogP contribution >= 0.6 is 11.3 Å². The molecule has 1 N–H and O–H groups in total. The smallest absolute Gasteiger partial charge is 0.267 e. The normalized spacial score (nSPS) is 12.7. The van der Waals surface area contributed by atoms with E-state index in [-0.39, 0.29) is 9.47 Å². The molecule has 23 heavy (non-hydrogen) atoms. The minimum atomic E-state index is -3.47. The zero-order chi connectivity index (χ0) is 17.0. The third kappa shape index (κ3) is 4.70. The van der Waals surface area contributed by atoms with E-state index in [1.54, 1.807) is 6.92 Å². The van der Waals surface area contributed by atoms with Crippen LogP contribution in [0.15, 0.2) is 28.6 Å². The summed E-state index contributed by atoms with van der Waals surface area (Å²) in [5, 5.41) is 9.64. The predicted octanol–water partition coefficient (Wildman–Crippen LogP) is 1.88. The first-order valence-electron chi connectivity index (χ1n) is 6.56. The van der Waals surface area contributed by atoms with E-state index in [9.17, 15) is 17.6 Å². The third-order valence-corrected chi connectivity index (χ3v) is 5.22. The fraction of sp³-hybridized carbons (Fsp3) is 0.308. The molecule has 1 aromatic carbocycles. The maximum absolute atomic E-state index is 12.9. The largest absolute Gasteiger partial charge is 0.481 e. The maximum Gasteiger partial charge on any atom is 0.267 e. The van der Waals surface area contributed by atoms with Crippen LogP contribution in [0.1, 0.15) is 13.3 Å². The molecule has 2 rings (SSSR count). The number of benzene rings is 1. The van der Waals surface area contributed by atoms with Crippen LogP contribution in [0.2, 0.25) is 0 Å². The van der Waals surface area contributed by atoms with Gasteiger partial charge in [-0.1, -0.05) is 18.3 Å². The third-order valence-electron chi connectivity index (χ3n) is 2.71. The zero-order valence-corrected chi connectivity index (χ0v) is 13.9. The number of hydrogen-bond donors (Lipinski definition) is 1. The Hall–Kier alpha value is -2.07. The summed E-state index contributed by atoms with van der Waals surface area (Å²) >= 11 is 0.757. The number of carbonyl (C=O) groups excluding carboxylic acids is 1. The van der Waals surface area contributed by atoms with Crippen LogP contribution in [-0.2, 0) is 14.6 Å². The molecule has 1 heterocycles. The van der Waals surface area contributed by atoms with E-state index in [1.165, 1.54) is 24.3 Å². The minimum Gasteiger partial charge on any atom is -0.481 e. The van der Waals surface area contributed by atoms with Crippen LogP contribution < -0.4 is 10.1 Å². The van der Waals surface area contributed by atoms with Crippen molar-refractivity contribution in [3.05, 3.63) is 30.1 Å². The number of nitrogens with zero attached hydrogens (tertiary/aromatic N) is 2. The first-order valence-corrected chi connectivity index (χ1v) is 9.27. The summed E-state index contributed by atoms with van der Waals surface area (Å²) in [4.78, 5) is 12.2. The van der Waals surface area contributed by atoms with Crippen molar-refractivity contribution in [2.24, 2.45) is 0 Å². The van der Waals surface area contributed by atoms with E-state index in [1.807, 2.05) is 0 Å². The molecule has 0 fully saturated rings. The molecular formula is C13H14FN3O4S2. The Balaban J connectivity index is 2.05. The monoisotopic (exact) mass is 359 g/mol. The summed E-state index contributed by atoms with van der Waals surface area (Å²) in [6.07, 6.45) is 0.540. The Morgan fingerprint density at radius 2 is 2.00 bits per heavy atom. The summed E-state index contributed by atoms with van der Waals surface area (Å²) in [5.41, 5.74) is 0. The second-order valence-corrected chi connectivity index (χ2v) is 7.77. The van der Waals surface area contributed by atoms with Crippen LogP contribution in [0.25, 0.3) is 0 Å². The topological polar surface area (TPSA) is 98.2 Å². The molecule has 0 saturated heterocycles. The van der Waals surface area contributed by atoms with Gasteiger partial charge in [0, 0.05) is 6.26 Å². The first-order chi connectivity index (χ1) is 10.8. The van der Waals surface area contributed by atoms with Gasteiger partial charge in [-0.05, 0) is 30.7 Å². The van der Waals surface area contributed by atoms with Gasteiger partial charge in [-0.15, -0.1) is 10.2 Å². The standard InChI is InChI=1S/C13H14FN3O4S2/c1-3-10(21-9-6-4-8(14)5-7-9)11(18)15-12-16-17-13(22-12)23(2,19)20/h4-7,10H,3H2,1-2H3,(H,15,16,18)/t10-/m1/s1. The second kappa shape index (κ2) is 7.01. The van der Waals surface area contributed by atoms with Crippen molar-refractivity contribution in [2.45, 2.75) is 23.8 Å². The highest BCUT2D eigenvalue weighted by Crippen LogP contribution is 2.21. The lowest BCUT2D eigenvalue weighted by Gasteiger charge is -2.16. The number of hydrogen-bond acceptors (Lipinski definition) is 7. The average Bonchev–Trinajstić information content (AvgIpc) is 2.95. The van der Waals surface area contributed by atoms with Gasteiger partial charge < -0.3 is 4.74 Å². The highest BCUT2D eigenvalue weighted by molar-refractivity contribution is 7.92. The van der Waals surface area contributed by atoms with Crippen molar-refractivity contribution in [3.63, 3.8) is 0 Å². The second-order valence-electron chi connectivity index (χ2n) is 4.60. The van der Waals surface area contributed by atoms with Gasteiger partial charge in [0.05, 0.1) is 0 Å². The summed E-state index contributed by atoms with van der Waals surface area (Å²) < 4.78 is 40.8. The van der Waals surface area contributed by atoms with Crippen molar-refractivity contribution in [3.8, 4) is 5.75 Å². The van der Waals surface area contributed by atoms with Gasteiger partial charge in [0.2, 0.25) is 19.3 Å². The Labute approximate surface area is 136 Å². The van der Waals surface area contributed by atoms with Gasteiger partial charge in [0.15, 0.2) is 6.10 Å². The summed E-state index contributed by atoms with van der Waals surface area (Å²) in [6, 6.07) is 5.28. The first kappa shape index (κ1) is 17.3. The molecule has 0 radical (unpaired) electrons. The Bertz CT molecular complexity index is 790. The molecule has 2 aromatic rings. The lowest BCUT2D eigenvalue weighted by atomic mass is 10.2. The molecule has 0 aliphatic heterocycles. The quantitative estimate of drug-likeness (QED) is 0.791. The number of ether oxygens (including phenoxy) is 1. The molecule has 0 spiro atoms. The van der Waals surface area contributed by atoms with E-state index in [2.05, 4.69) is 15.5 Å². The summed E-state index contributed by atoms with van der Waals surface area (Å²) in [7, 11) is -3.47. The van der Waals surface area contributed by atoms with Crippen molar-refractivity contribution >= 4 is 32.2 Å². The van der Waals surface area contributed by atoms with Gasteiger partial charge in [0.1, 0.15) is 11.6 Å². The molecule has 0 unspecified atom stereocenters. The van der Waals surface area contributed by atoms with Gasteiger partial charge in [-0.3, -0.25) is 10.1 Å². The fourth-order valence-electron chi connectivity index (χ4n) is 1.60. The molecule has 124 valence electrons. The van der Waals surface area contributed by atoms with E-state index in [0.717, 1.165) is 17.6 Å². The Morgan fingerprint density at radius 3 is 2.52 bits per heavy atom. The lowest BCUT2D eigenvalue weighted by molar-refractivity contribution is -0.122. The van der Waals surface area contributed by atoms with Gasteiger partial charge in [-0.25, -0.2) is 12.8 Å². The number of carbonyl (C=O) groups is 1. The Morgan fingerprint density at radius 1 is 1.35 bits per heavy atom. The summed E-state index contributed by atoms with van der Waals surface area (Å²) in [5.74, 6) is -0.549. The van der Waals surface area contributed by atoms with E-state index >= 15 is 0 Å². The van der Waals surface area contributed by atoms with Crippen molar-refractivity contribution in [1.82, 2.24) is 10.2 Å². The fourth-order valence-corrected chi connectivity index (χ4v) is 3.11. The van der Waals surface area contributed by atoms with Gasteiger partial charge >= 0.3 is 0 Å². The van der Waals surface area contributed by atoms with E-state index in [4.69, 9.17) is 4.74 Å². The van der Waals surface area contributed by atoms with Crippen LogP contribution in [0.4, 0.5) is 9.52 Å². The SMILES string of the molecule is CC[C@@H](Oc1ccc(F)cc1)C(=O)Nc1nnc(S(C)(=O)=O)s1. The maximum atomic E-state index is 12.9. The number of aromatic nitrogens is 2. The zero-order valence-electron chi connectivity index (χ0n) is 12.3. The molecule has 10 heteroatoms. The molecule has 0 aliphatic rings. The van der Waals surface area contributed by atoms with Crippen molar-refractivity contribution in [2.75, 3.05) is 11.6 Å². The van der Waals surface area contributed by atoms with Crippen LogP contribution in [0.3, 0.4) is 0 Å². The molecule has 7 nitrogen and oxygen atoms in total. The molecule has 0 saturated carbocycles. The van der Waals surface area contributed by atoms with E-state index < -0.39 is 27.7 Å². The molecular weight excluding hydrogens is 345 g/mol. The van der Waals surface area contributed by atoms with E-state index in [0.29, 0.717) is 12.2 Å². The highest BCUT2D eigenvalue weighted by atomic mass is 32.2. The minimum absolute atomic E-state index is 0.0663. The highest BCUT2D eigenvalue weighted by Gasteiger charge is 2.21. The number of amides is 1. The predicted molar refractivity (Wildman–Crippen MR) is 82.8 cm³/mol. The number of nitrogens with one attached hydrogen (secondary N) is 1. The molecule has 1 aromatic heterocycles. The van der Waals surface area contributed by atoms with Crippen molar-refractivity contribution < 1.29 is 22.3 Å². The average molecular weight is 359 g/mol. The van der Waals surface area contributed by atoms with Crippen LogP contribution in [0, 0.1) is 5.82 Å². The van der Waals surface area contributed by atoms with Crippen LogP contribution in [0.5, 0.6) is 5.75 Å². The van der Waals surface area contributed by atoms with Crippen LogP contribution in [-0.4, -0.2) is 36.9 Å². The number of anilines is 1. The Kier molecular flexibility index (Phi) is 5.26. The van der Waals surface area contributed by atoms with Gasteiger partial charge in [0.25, 0.3) is 5.91 Å². The number of halogens is 1. The van der Waals surface area contributed by atoms with Crippen molar-refractivity contribution in [1.29, 1.82) is 0 Å². The van der Waals surface area contributed by atoms with Gasteiger partial charge in [-0.2, -0.15) is 0 Å². The molecule has 0 aliphatic carbocycles. The molecule has 1 atom stereocenters. The number of sulfone groups is 1. The number of rotatable bonds is 6. The lowest BCUT2D eigenvalue weighted by Crippen LogP contribution is -2.32. The molecule has 0 bridgehead atoms.